The van der Waals surface area contributed by atoms with Crippen molar-refractivity contribution < 1.29 is 12.8 Å². The van der Waals surface area contributed by atoms with Crippen LogP contribution in [-0.4, -0.2) is 18.6 Å². The van der Waals surface area contributed by atoms with Crippen LogP contribution in [0, 0.1) is 19.7 Å². The van der Waals surface area contributed by atoms with Crippen LogP contribution < -0.4 is 4.72 Å². The number of aromatic amines is 1. The van der Waals surface area contributed by atoms with Gasteiger partial charge in [-0.3, -0.25) is 9.82 Å². The Balaban J connectivity index is 2.40. The molecule has 2 aromatic rings. The van der Waals surface area contributed by atoms with Crippen molar-refractivity contribution in [2.45, 2.75) is 18.7 Å². The Kier molecular flexibility index (Phi) is 3.08. The molecule has 1 aromatic heterocycles. The summed E-state index contributed by atoms with van der Waals surface area (Å²) in [6.07, 6.45) is 1.19. The third kappa shape index (κ3) is 2.35. The molecule has 0 aliphatic heterocycles. The lowest BCUT2D eigenvalue weighted by molar-refractivity contribution is 0.598. The van der Waals surface area contributed by atoms with Crippen LogP contribution in [0.25, 0.3) is 0 Å². The first-order valence-electron chi connectivity index (χ1n) is 5.19. The standard InChI is InChI=1S/C11H12FN3O2S/c1-7-3-4-9(12)10(5-7)15-18(16,17)11-6-13-14-8(11)2/h3-6,15H,1-2H3,(H,13,14). The predicted octanol–water partition coefficient (Wildman–Crippen LogP) is 1.97. The largest absolute Gasteiger partial charge is 0.281 e. The van der Waals surface area contributed by atoms with Gasteiger partial charge in [-0.25, -0.2) is 12.8 Å². The van der Waals surface area contributed by atoms with Crippen molar-refractivity contribution in [1.82, 2.24) is 10.2 Å². The number of benzene rings is 1. The van der Waals surface area contributed by atoms with E-state index in [1.165, 1.54) is 18.3 Å². The molecule has 0 aliphatic rings. The van der Waals surface area contributed by atoms with Crippen LogP contribution in [0.15, 0.2) is 29.3 Å². The Morgan fingerprint density at radius 1 is 1.33 bits per heavy atom. The van der Waals surface area contributed by atoms with Gasteiger partial charge < -0.3 is 0 Å². The van der Waals surface area contributed by atoms with Gasteiger partial charge in [-0.05, 0) is 31.5 Å². The zero-order chi connectivity index (χ0) is 13.3. The first-order chi connectivity index (χ1) is 8.40. The molecule has 0 atom stereocenters. The number of nitrogens with one attached hydrogen (secondary N) is 2. The number of rotatable bonds is 3. The summed E-state index contributed by atoms with van der Waals surface area (Å²) in [5.74, 6) is -0.620. The van der Waals surface area contributed by atoms with Crippen molar-refractivity contribution in [3.63, 3.8) is 0 Å². The molecule has 7 heteroatoms. The van der Waals surface area contributed by atoms with E-state index < -0.39 is 15.8 Å². The number of aromatic nitrogens is 2. The van der Waals surface area contributed by atoms with Gasteiger partial charge in [0.15, 0.2) is 0 Å². The molecule has 96 valence electrons. The Morgan fingerprint density at radius 2 is 2.06 bits per heavy atom. The van der Waals surface area contributed by atoms with E-state index in [0.717, 1.165) is 5.56 Å². The molecule has 0 fully saturated rings. The van der Waals surface area contributed by atoms with E-state index in [0.29, 0.717) is 5.69 Å². The Hall–Kier alpha value is -1.89. The highest BCUT2D eigenvalue weighted by molar-refractivity contribution is 7.92. The van der Waals surface area contributed by atoms with Crippen LogP contribution in [-0.2, 0) is 10.0 Å². The predicted molar refractivity (Wildman–Crippen MR) is 65.3 cm³/mol. The second-order valence-electron chi connectivity index (χ2n) is 3.95. The lowest BCUT2D eigenvalue weighted by Crippen LogP contribution is -2.14. The second-order valence-corrected chi connectivity index (χ2v) is 5.60. The number of halogens is 1. The first-order valence-corrected chi connectivity index (χ1v) is 6.67. The van der Waals surface area contributed by atoms with Crippen molar-refractivity contribution >= 4 is 15.7 Å². The minimum Gasteiger partial charge on any atom is -0.281 e. The van der Waals surface area contributed by atoms with E-state index in [2.05, 4.69) is 14.9 Å². The van der Waals surface area contributed by atoms with Gasteiger partial charge in [-0.15, -0.1) is 0 Å². The number of aryl methyl sites for hydroxylation is 2. The van der Waals surface area contributed by atoms with Crippen molar-refractivity contribution in [3.05, 3.63) is 41.5 Å². The molecule has 0 spiro atoms. The van der Waals surface area contributed by atoms with Gasteiger partial charge in [-0.1, -0.05) is 6.07 Å². The Labute approximate surface area is 104 Å². The highest BCUT2D eigenvalue weighted by atomic mass is 32.2. The van der Waals surface area contributed by atoms with Gasteiger partial charge in [0.25, 0.3) is 10.0 Å². The van der Waals surface area contributed by atoms with Crippen molar-refractivity contribution in [2.24, 2.45) is 0 Å². The van der Waals surface area contributed by atoms with E-state index in [4.69, 9.17) is 0 Å². The molecule has 0 unspecified atom stereocenters. The minimum atomic E-state index is -3.82. The zero-order valence-corrected chi connectivity index (χ0v) is 10.7. The average molecular weight is 269 g/mol. The fourth-order valence-corrected chi connectivity index (χ4v) is 2.72. The van der Waals surface area contributed by atoms with E-state index in [-0.39, 0.29) is 10.6 Å². The Bertz CT molecular complexity index is 679. The van der Waals surface area contributed by atoms with Gasteiger partial charge in [0.05, 0.1) is 17.6 Å². The molecule has 2 N–H and O–H groups in total. The van der Waals surface area contributed by atoms with Crippen molar-refractivity contribution in [2.75, 3.05) is 4.72 Å². The third-order valence-electron chi connectivity index (χ3n) is 2.44. The highest BCUT2D eigenvalue weighted by Gasteiger charge is 2.20. The number of H-pyrrole nitrogens is 1. The summed E-state index contributed by atoms with van der Waals surface area (Å²) >= 11 is 0. The van der Waals surface area contributed by atoms with E-state index in [1.807, 2.05) is 0 Å². The maximum absolute atomic E-state index is 13.5. The number of anilines is 1. The van der Waals surface area contributed by atoms with Gasteiger partial charge >= 0.3 is 0 Å². The Morgan fingerprint density at radius 3 is 2.67 bits per heavy atom. The smallest absolute Gasteiger partial charge is 0.265 e. The summed E-state index contributed by atoms with van der Waals surface area (Å²) < 4.78 is 39.7. The van der Waals surface area contributed by atoms with Crippen LogP contribution >= 0.6 is 0 Å². The summed E-state index contributed by atoms with van der Waals surface area (Å²) in [4.78, 5) is 0.00315. The van der Waals surface area contributed by atoms with Crippen LogP contribution in [0.4, 0.5) is 10.1 Å². The lowest BCUT2D eigenvalue weighted by Gasteiger charge is -2.08. The molecule has 0 bridgehead atoms. The van der Waals surface area contributed by atoms with Crippen molar-refractivity contribution in [1.29, 1.82) is 0 Å². The summed E-state index contributed by atoms with van der Waals surface area (Å²) in [7, 11) is -3.82. The van der Waals surface area contributed by atoms with Gasteiger partial charge in [-0.2, -0.15) is 5.10 Å². The zero-order valence-electron chi connectivity index (χ0n) is 9.86. The number of sulfonamides is 1. The highest BCUT2D eigenvalue weighted by Crippen LogP contribution is 2.21. The third-order valence-corrected chi connectivity index (χ3v) is 3.92. The molecule has 0 radical (unpaired) electrons. The molecule has 0 amide bonds. The summed E-state index contributed by atoms with van der Waals surface area (Å²) in [5.41, 5.74) is 1.09. The van der Waals surface area contributed by atoms with Crippen LogP contribution in [0.1, 0.15) is 11.3 Å². The molecule has 18 heavy (non-hydrogen) atoms. The molecule has 1 aromatic carbocycles. The summed E-state index contributed by atoms with van der Waals surface area (Å²) in [5, 5.41) is 6.16. The van der Waals surface area contributed by atoms with E-state index in [1.54, 1.807) is 19.9 Å². The monoisotopic (exact) mass is 269 g/mol. The molecule has 0 saturated heterocycles. The normalized spacial score (nSPS) is 11.5. The maximum Gasteiger partial charge on any atom is 0.265 e. The molecule has 1 heterocycles. The average Bonchev–Trinajstić information content (AvgIpc) is 2.70. The first kappa shape index (κ1) is 12.6. The molecule has 2 rings (SSSR count). The van der Waals surface area contributed by atoms with Gasteiger partial charge in [0, 0.05) is 0 Å². The van der Waals surface area contributed by atoms with Crippen LogP contribution in [0.2, 0.25) is 0 Å². The fourth-order valence-electron chi connectivity index (χ4n) is 1.53. The molecule has 0 aliphatic carbocycles. The maximum atomic E-state index is 13.5. The molecular weight excluding hydrogens is 257 g/mol. The fraction of sp³-hybridized carbons (Fsp3) is 0.182. The van der Waals surface area contributed by atoms with Crippen LogP contribution in [0.5, 0.6) is 0 Å². The van der Waals surface area contributed by atoms with Gasteiger partial charge in [0.2, 0.25) is 0 Å². The molecule has 0 saturated carbocycles. The van der Waals surface area contributed by atoms with Crippen LogP contribution in [0.3, 0.4) is 0 Å². The number of hydrogen-bond acceptors (Lipinski definition) is 3. The summed E-state index contributed by atoms with van der Waals surface area (Å²) in [6.45, 7) is 3.33. The topological polar surface area (TPSA) is 74.8 Å². The van der Waals surface area contributed by atoms with Crippen molar-refractivity contribution in [3.8, 4) is 0 Å². The number of hydrogen-bond donors (Lipinski definition) is 2. The van der Waals surface area contributed by atoms with Gasteiger partial charge in [0.1, 0.15) is 10.7 Å². The van der Waals surface area contributed by atoms with E-state index >= 15 is 0 Å². The molecule has 5 nitrogen and oxygen atoms in total. The second kappa shape index (κ2) is 4.41. The SMILES string of the molecule is Cc1ccc(F)c(NS(=O)(=O)c2cn[nH]c2C)c1. The minimum absolute atomic E-state index is 0.00315. The lowest BCUT2D eigenvalue weighted by atomic mass is 10.2. The van der Waals surface area contributed by atoms with E-state index in [9.17, 15) is 12.8 Å². The number of nitrogens with zero attached hydrogens (tertiary/aromatic N) is 1. The molecular formula is C11H12FN3O2S. The summed E-state index contributed by atoms with van der Waals surface area (Å²) in [6, 6.07) is 4.22. The quantitative estimate of drug-likeness (QED) is 0.894.